The lowest BCUT2D eigenvalue weighted by atomic mass is 10.0. The molecule has 6 heteroatoms. The number of carboxylic acids is 1. The molecule has 26 heavy (non-hydrogen) atoms. The van der Waals surface area contributed by atoms with Crippen molar-refractivity contribution in [2.45, 2.75) is 19.4 Å². The van der Waals surface area contributed by atoms with Crippen molar-refractivity contribution >= 4 is 23.3 Å². The van der Waals surface area contributed by atoms with Gasteiger partial charge < -0.3 is 20.1 Å². The van der Waals surface area contributed by atoms with Gasteiger partial charge in [0.1, 0.15) is 0 Å². The zero-order chi connectivity index (χ0) is 18.5. The number of anilines is 2. The number of nitrogens with one attached hydrogen (secondary N) is 1. The number of methoxy groups -OCH3 is 1. The first-order valence-electron chi connectivity index (χ1n) is 8.57. The van der Waals surface area contributed by atoms with Crippen molar-refractivity contribution in [2.24, 2.45) is 0 Å². The highest BCUT2D eigenvalue weighted by Crippen LogP contribution is 2.30. The molecule has 3 rings (SSSR count). The maximum absolute atomic E-state index is 12.2. The highest BCUT2D eigenvalue weighted by molar-refractivity contribution is 5.96. The number of hydrogen-bond acceptors (Lipinski definition) is 4. The van der Waals surface area contributed by atoms with Crippen LogP contribution >= 0.6 is 0 Å². The molecule has 0 atom stereocenters. The van der Waals surface area contributed by atoms with Crippen molar-refractivity contribution in [1.82, 2.24) is 0 Å². The average molecular weight is 354 g/mol. The number of carboxylic acid groups (broad SMARTS) is 1. The van der Waals surface area contributed by atoms with Crippen LogP contribution in [0.15, 0.2) is 42.5 Å². The van der Waals surface area contributed by atoms with E-state index in [4.69, 9.17) is 9.84 Å². The third kappa shape index (κ3) is 4.03. The molecule has 0 saturated carbocycles. The molecule has 136 valence electrons. The van der Waals surface area contributed by atoms with Crippen LogP contribution in [-0.2, 0) is 22.5 Å². The van der Waals surface area contributed by atoms with Gasteiger partial charge >= 0.3 is 5.97 Å². The fraction of sp³-hybridized carbons (Fsp3) is 0.300. The Labute approximate surface area is 152 Å². The van der Waals surface area contributed by atoms with Crippen LogP contribution in [0.4, 0.5) is 11.4 Å². The van der Waals surface area contributed by atoms with Gasteiger partial charge in [-0.2, -0.15) is 0 Å². The second-order valence-corrected chi connectivity index (χ2v) is 6.24. The first-order chi connectivity index (χ1) is 12.6. The van der Waals surface area contributed by atoms with E-state index in [1.165, 1.54) is 0 Å². The van der Waals surface area contributed by atoms with Crippen LogP contribution in [0, 0.1) is 0 Å². The van der Waals surface area contributed by atoms with Gasteiger partial charge in [-0.05, 0) is 47.9 Å². The van der Waals surface area contributed by atoms with Gasteiger partial charge in [0.15, 0.2) is 0 Å². The van der Waals surface area contributed by atoms with Crippen molar-refractivity contribution < 1.29 is 19.4 Å². The molecule has 2 aromatic rings. The third-order valence-electron chi connectivity index (χ3n) is 4.47. The summed E-state index contributed by atoms with van der Waals surface area (Å²) in [6, 6.07) is 12.8. The van der Waals surface area contributed by atoms with Crippen LogP contribution in [0.25, 0.3) is 0 Å². The monoisotopic (exact) mass is 354 g/mol. The minimum absolute atomic E-state index is 0.126. The van der Waals surface area contributed by atoms with E-state index in [2.05, 4.69) is 11.4 Å². The number of carbonyl (C=O) groups excluding carboxylic acids is 1. The Morgan fingerprint density at radius 2 is 2.08 bits per heavy atom. The summed E-state index contributed by atoms with van der Waals surface area (Å²) >= 11 is 0. The molecule has 1 heterocycles. The van der Waals surface area contributed by atoms with E-state index in [-0.39, 0.29) is 11.5 Å². The first kappa shape index (κ1) is 17.9. The number of fused-ring (bicyclic) bond motifs is 1. The molecule has 0 fully saturated rings. The molecular formula is C20H22N2O4. The van der Waals surface area contributed by atoms with Gasteiger partial charge in [-0.25, -0.2) is 4.79 Å². The van der Waals surface area contributed by atoms with Crippen LogP contribution in [0.5, 0.6) is 0 Å². The smallest absolute Gasteiger partial charge is 0.335 e. The van der Waals surface area contributed by atoms with E-state index in [1.807, 2.05) is 18.2 Å². The molecule has 0 unspecified atom stereocenters. The van der Waals surface area contributed by atoms with Crippen LogP contribution in [-0.4, -0.2) is 37.2 Å². The van der Waals surface area contributed by atoms with E-state index in [0.29, 0.717) is 26.1 Å². The van der Waals surface area contributed by atoms with Crippen molar-refractivity contribution in [3.05, 3.63) is 59.2 Å². The summed E-state index contributed by atoms with van der Waals surface area (Å²) in [4.78, 5) is 25.0. The van der Waals surface area contributed by atoms with Crippen molar-refractivity contribution in [1.29, 1.82) is 0 Å². The predicted molar refractivity (Wildman–Crippen MR) is 99.7 cm³/mol. The number of ether oxygens (including phenoxy) is 1. The summed E-state index contributed by atoms with van der Waals surface area (Å²) in [5.41, 5.74) is 4.20. The number of rotatable bonds is 7. The first-order valence-corrected chi connectivity index (χ1v) is 8.57. The molecular weight excluding hydrogens is 332 g/mol. The SMILES string of the molecule is COCCN1C(=O)CCc2cc(NCc3cccc(C(=O)O)c3)ccc21. The Bertz CT molecular complexity index is 819. The highest BCUT2D eigenvalue weighted by atomic mass is 16.5. The minimum Gasteiger partial charge on any atom is -0.478 e. The molecule has 2 N–H and O–H groups in total. The average Bonchev–Trinajstić information content (AvgIpc) is 2.65. The molecule has 0 spiro atoms. The van der Waals surface area contributed by atoms with Crippen LogP contribution in [0.3, 0.4) is 0 Å². The van der Waals surface area contributed by atoms with Gasteiger partial charge in [0.25, 0.3) is 0 Å². The zero-order valence-corrected chi connectivity index (χ0v) is 14.7. The third-order valence-corrected chi connectivity index (χ3v) is 4.47. The minimum atomic E-state index is -0.929. The predicted octanol–water partition coefficient (Wildman–Crippen LogP) is 2.92. The van der Waals surface area contributed by atoms with Gasteiger partial charge in [-0.1, -0.05) is 12.1 Å². The van der Waals surface area contributed by atoms with Gasteiger partial charge in [0.05, 0.1) is 12.2 Å². The van der Waals surface area contributed by atoms with Gasteiger partial charge in [0.2, 0.25) is 5.91 Å². The Morgan fingerprint density at radius 3 is 2.85 bits per heavy atom. The molecule has 6 nitrogen and oxygen atoms in total. The van der Waals surface area contributed by atoms with Gasteiger partial charge in [0, 0.05) is 38.0 Å². The normalized spacial score (nSPS) is 13.4. The highest BCUT2D eigenvalue weighted by Gasteiger charge is 2.23. The summed E-state index contributed by atoms with van der Waals surface area (Å²) in [5, 5.41) is 12.4. The summed E-state index contributed by atoms with van der Waals surface area (Å²) in [6.07, 6.45) is 1.22. The van der Waals surface area contributed by atoms with Crippen LogP contribution in [0.2, 0.25) is 0 Å². The number of carbonyl (C=O) groups is 2. The lowest BCUT2D eigenvalue weighted by molar-refractivity contribution is -0.119. The molecule has 0 bridgehead atoms. The van der Waals surface area contributed by atoms with Gasteiger partial charge in [-0.3, -0.25) is 4.79 Å². The van der Waals surface area contributed by atoms with E-state index in [9.17, 15) is 9.59 Å². The van der Waals surface area contributed by atoms with Crippen LogP contribution < -0.4 is 10.2 Å². The number of nitrogens with zero attached hydrogens (tertiary/aromatic N) is 1. The number of hydrogen-bond donors (Lipinski definition) is 2. The topological polar surface area (TPSA) is 78.9 Å². The van der Waals surface area contributed by atoms with E-state index < -0.39 is 5.97 Å². The standard InChI is InChI=1S/C20H22N2O4/c1-26-10-9-22-18-7-6-17(12-15(18)5-8-19(22)23)21-13-14-3-2-4-16(11-14)20(24)25/h2-4,6-7,11-12,21H,5,8-10,13H2,1H3,(H,24,25). The fourth-order valence-corrected chi connectivity index (χ4v) is 3.12. The molecule has 0 aromatic heterocycles. The molecule has 0 aliphatic carbocycles. The van der Waals surface area contributed by atoms with Crippen molar-refractivity contribution in [3.8, 4) is 0 Å². The fourth-order valence-electron chi connectivity index (χ4n) is 3.12. The molecule has 1 amide bonds. The lowest BCUT2D eigenvalue weighted by Crippen LogP contribution is -2.37. The Hall–Kier alpha value is -2.86. The summed E-state index contributed by atoms with van der Waals surface area (Å²) in [6.45, 7) is 1.59. The molecule has 1 aliphatic rings. The quantitative estimate of drug-likeness (QED) is 0.799. The van der Waals surface area contributed by atoms with Gasteiger partial charge in [-0.15, -0.1) is 0 Å². The largest absolute Gasteiger partial charge is 0.478 e. The number of benzene rings is 2. The number of amides is 1. The summed E-state index contributed by atoms with van der Waals surface area (Å²) in [5.74, 6) is -0.804. The molecule has 0 radical (unpaired) electrons. The molecule has 0 saturated heterocycles. The molecule has 1 aliphatic heterocycles. The zero-order valence-electron chi connectivity index (χ0n) is 14.7. The maximum atomic E-state index is 12.2. The number of aromatic carboxylic acids is 1. The van der Waals surface area contributed by atoms with E-state index >= 15 is 0 Å². The second-order valence-electron chi connectivity index (χ2n) is 6.24. The Morgan fingerprint density at radius 1 is 1.23 bits per heavy atom. The Balaban J connectivity index is 1.72. The lowest BCUT2D eigenvalue weighted by Gasteiger charge is -2.29. The number of aryl methyl sites for hydroxylation is 1. The Kier molecular flexibility index (Phi) is 5.53. The maximum Gasteiger partial charge on any atom is 0.335 e. The van der Waals surface area contributed by atoms with Crippen LogP contribution in [0.1, 0.15) is 27.9 Å². The summed E-state index contributed by atoms with van der Waals surface area (Å²) < 4.78 is 5.10. The van der Waals surface area contributed by atoms with Crippen molar-refractivity contribution in [3.63, 3.8) is 0 Å². The van der Waals surface area contributed by atoms with E-state index in [1.54, 1.807) is 30.2 Å². The second kappa shape index (κ2) is 8.01. The van der Waals surface area contributed by atoms with E-state index in [0.717, 1.165) is 28.9 Å². The van der Waals surface area contributed by atoms with Crippen molar-refractivity contribution in [2.75, 3.05) is 30.5 Å². The molecule has 2 aromatic carbocycles. The summed E-state index contributed by atoms with van der Waals surface area (Å²) in [7, 11) is 1.63.